The molecule has 0 spiro atoms. The summed E-state index contributed by atoms with van der Waals surface area (Å²) in [7, 11) is -4.65. The Labute approximate surface area is 306 Å². The van der Waals surface area contributed by atoms with Gasteiger partial charge in [-0.2, -0.15) is 13.2 Å². The highest BCUT2D eigenvalue weighted by atomic mass is 32.2. The van der Waals surface area contributed by atoms with Crippen molar-refractivity contribution in [1.29, 1.82) is 0 Å². The van der Waals surface area contributed by atoms with E-state index in [1.54, 1.807) is 35.4 Å². The summed E-state index contributed by atoms with van der Waals surface area (Å²) < 4.78 is 69.8. The zero-order chi connectivity index (χ0) is 36.9. The number of piperazine rings is 1. The third-order valence-electron chi connectivity index (χ3n) is 8.19. The van der Waals surface area contributed by atoms with Crippen LogP contribution in [0.1, 0.15) is 25.6 Å². The minimum atomic E-state index is -4.85. The fraction of sp³-hybridized carbons (Fsp3) is 0.194. The van der Waals surface area contributed by atoms with Gasteiger partial charge in [-0.1, -0.05) is 18.2 Å². The average molecular weight is 768 g/mol. The lowest BCUT2D eigenvalue weighted by molar-refractivity contribution is -0.137. The summed E-state index contributed by atoms with van der Waals surface area (Å²) in [6.45, 7) is 2.12. The first kappa shape index (κ1) is 36.7. The number of sulfonamides is 1. The molecule has 1 aliphatic rings. The Kier molecular flexibility index (Phi) is 11.1. The van der Waals surface area contributed by atoms with Crippen molar-refractivity contribution < 1.29 is 36.3 Å². The maximum atomic E-state index is 14.0. The number of carbonyl (C=O) groups is 2. The van der Waals surface area contributed by atoms with Gasteiger partial charge < -0.3 is 20.2 Å². The number of carbonyl (C=O) groups excluding carboxylic acids is 2. The van der Waals surface area contributed by atoms with Gasteiger partial charge in [-0.05, 0) is 77.7 Å². The molecule has 0 bridgehead atoms. The second kappa shape index (κ2) is 15.7. The number of thioether (sulfide) groups is 1. The van der Waals surface area contributed by atoms with E-state index in [0.717, 1.165) is 28.3 Å². The molecule has 1 fully saturated rings. The highest BCUT2D eigenvalue weighted by Crippen LogP contribution is 2.36. The first-order valence-electron chi connectivity index (χ1n) is 15.9. The van der Waals surface area contributed by atoms with E-state index in [1.165, 1.54) is 41.4 Å². The molecule has 0 atom stereocenters. The van der Waals surface area contributed by atoms with E-state index >= 15 is 0 Å². The molecule has 3 N–H and O–H groups in total. The number of alkyl halides is 3. The molecule has 270 valence electrons. The van der Waals surface area contributed by atoms with Gasteiger partial charge >= 0.3 is 6.18 Å². The normalized spacial score (nSPS) is 13.5. The van der Waals surface area contributed by atoms with E-state index in [2.05, 4.69) is 10.3 Å². The van der Waals surface area contributed by atoms with E-state index in [-0.39, 0.29) is 29.5 Å². The molecule has 16 heteroatoms. The van der Waals surface area contributed by atoms with Crippen LogP contribution in [0.15, 0.2) is 112 Å². The van der Waals surface area contributed by atoms with Gasteiger partial charge in [-0.3, -0.25) is 14.6 Å². The Morgan fingerprint density at radius 3 is 2.33 bits per heavy atom. The molecule has 1 aliphatic heterocycles. The molecule has 3 heterocycles. The molecule has 0 radical (unpaired) electrons. The number of nitrogens with one attached hydrogen (secondary N) is 2. The van der Waals surface area contributed by atoms with E-state index in [1.807, 2.05) is 45.3 Å². The maximum absolute atomic E-state index is 14.0. The first-order chi connectivity index (χ1) is 24.9. The molecule has 5 aromatic rings. The lowest BCUT2D eigenvalue weighted by atomic mass is 10.1. The minimum absolute atomic E-state index is 0.00169. The van der Waals surface area contributed by atoms with E-state index in [4.69, 9.17) is 0 Å². The van der Waals surface area contributed by atoms with Crippen molar-refractivity contribution in [2.24, 2.45) is 0 Å². The van der Waals surface area contributed by atoms with E-state index < -0.39 is 32.6 Å². The molecular formula is C36H32F3N5O5S3. The lowest BCUT2D eigenvalue weighted by Crippen LogP contribution is -2.48. The lowest BCUT2D eigenvalue weighted by Gasteiger charge is -2.36. The van der Waals surface area contributed by atoms with Crippen molar-refractivity contribution >= 4 is 56.3 Å². The van der Waals surface area contributed by atoms with Gasteiger partial charge in [0.2, 0.25) is 0 Å². The molecule has 0 unspecified atom stereocenters. The molecule has 10 nitrogen and oxygen atoms in total. The highest BCUT2D eigenvalue weighted by molar-refractivity contribution is 7.99. The summed E-state index contributed by atoms with van der Waals surface area (Å²) in [6, 6.07) is 21.5. The topological polar surface area (TPSA) is 132 Å². The summed E-state index contributed by atoms with van der Waals surface area (Å²) in [4.78, 5) is 34.7. The van der Waals surface area contributed by atoms with Crippen molar-refractivity contribution in [2.75, 3.05) is 48.7 Å². The van der Waals surface area contributed by atoms with Crippen LogP contribution < -0.4 is 14.9 Å². The molecule has 2 aromatic heterocycles. The van der Waals surface area contributed by atoms with Gasteiger partial charge in [0, 0.05) is 72.1 Å². The number of pyridine rings is 1. The summed E-state index contributed by atoms with van der Waals surface area (Å²) in [6.07, 6.45) is -1.90. The number of aromatic nitrogens is 1. The molecule has 6 rings (SSSR count). The van der Waals surface area contributed by atoms with Gasteiger partial charge in [0.05, 0.1) is 21.5 Å². The van der Waals surface area contributed by atoms with Gasteiger partial charge in [0.15, 0.2) is 0 Å². The Morgan fingerprint density at radius 1 is 0.904 bits per heavy atom. The number of amides is 2. The number of benzene rings is 3. The van der Waals surface area contributed by atoms with Gasteiger partial charge in [0.1, 0.15) is 5.75 Å². The molecule has 1 saturated heterocycles. The van der Waals surface area contributed by atoms with Crippen LogP contribution in [0.2, 0.25) is 0 Å². The van der Waals surface area contributed by atoms with E-state index in [9.17, 15) is 36.3 Å². The smallest absolute Gasteiger partial charge is 0.418 e. The van der Waals surface area contributed by atoms with Gasteiger partial charge in [-0.25, -0.2) is 13.1 Å². The van der Waals surface area contributed by atoms with Gasteiger partial charge in [-0.15, -0.1) is 23.1 Å². The first-order valence-corrected chi connectivity index (χ1v) is 19.3. The molecule has 0 saturated carbocycles. The zero-order valence-corrected chi connectivity index (χ0v) is 29.8. The van der Waals surface area contributed by atoms with Crippen molar-refractivity contribution in [2.45, 2.75) is 16.0 Å². The molecule has 0 aliphatic carbocycles. The van der Waals surface area contributed by atoms with Crippen LogP contribution >= 0.6 is 23.1 Å². The predicted octanol–water partition coefficient (Wildman–Crippen LogP) is 6.82. The predicted molar refractivity (Wildman–Crippen MR) is 196 cm³/mol. The standard InChI is InChI=1S/C36H32F3N5O5S3/c37-36(38,39)31-20-30(10-11-32(31)41-12-17-50-29-4-2-1-3-5-29)52(48,49)42-34(46)24-6-8-27(9-7-24)43-13-15-44(16-14-43)35(47)33-19-26(23-51-33)25-18-28(45)22-40-21-25/h1-11,18-23,41,45H,12-17H2,(H,42,46). The highest BCUT2D eigenvalue weighted by Gasteiger charge is 2.35. The van der Waals surface area contributed by atoms with Gasteiger partial charge in [0.25, 0.3) is 21.8 Å². The summed E-state index contributed by atoms with van der Waals surface area (Å²) in [5.74, 6) is -0.589. The van der Waals surface area contributed by atoms with Crippen molar-refractivity contribution in [1.82, 2.24) is 14.6 Å². The molecule has 2 amide bonds. The zero-order valence-electron chi connectivity index (χ0n) is 27.3. The molecule has 3 aromatic carbocycles. The summed E-state index contributed by atoms with van der Waals surface area (Å²) in [5, 5.41) is 14.3. The summed E-state index contributed by atoms with van der Waals surface area (Å²) >= 11 is 2.78. The number of nitrogens with zero attached hydrogens (tertiary/aromatic N) is 3. The van der Waals surface area contributed by atoms with Crippen molar-refractivity contribution in [3.8, 4) is 16.9 Å². The van der Waals surface area contributed by atoms with Crippen molar-refractivity contribution in [3.05, 3.63) is 119 Å². The fourth-order valence-electron chi connectivity index (χ4n) is 5.52. The fourth-order valence-corrected chi connectivity index (χ4v) is 8.20. The van der Waals surface area contributed by atoms with Crippen LogP contribution in [0.25, 0.3) is 11.1 Å². The Morgan fingerprint density at radius 2 is 1.63 bits per heavy atom. The van der Waals surface area contributed by atoms with Crippen LogP contribution in [-0.4, -0.2) is 73.7 Å². The number of anilines is 2. The number of halogens is 3. The quantitative estimate of drug-likeness (QED) is 0.0979. The van der Waals surface area contributed by atoms with Crippen LogP contribution in [0, 0.1) is 0 Å². The Hall–Kier alpha value is -5.06. The van der Waals surface area contributed by atoms with Crippen LogP contribution in [0.4, 0.5) is 24.5 Å². The number of rotatable bonds is 11. The third kappa shape index (κ3) is 8.86. The maximum Gasteiger partial charge on any atom is 0.418 e. The third-order valence-corrected chi connectivity index (χ3v) is 11.5. The number of aromatic hydroxyl groups is 1. The molecular weight excluding hydrogens is 736 g/mol. The monoisotopic (exact) mass is 767 g/mol. The van der Waals surface area contributed by atoms with E-state index in [0.29, 0.717) is 48.4 Å². The Bertz CT molecular complexity index is 2160. The SMILES string of the molecule is O=C(NS(=O)(=O)c1ccc(NCCSc2ccccc2)c(C(F)(F)F)c1)c1ccc(N2CCN(C(=O)c3cc(-c4cncc(O)c4)cs3)CC2)cc1. The van der Waals surface area contributed by atoms with Crippen LogP contribution in [0.3, 0.4) is 0 Å². The summed E-state index contributed by atoms with van der Waals surface area (Å²) in [5.41, 5.74) is 0.814. The Balaban J connectivity index is 1.03. The number of thiophene rings is 1. The minimum Gasteiger partial charge on any atom is -0.506 e. The van der Waals surface area contributed by atoms with Crippen LogP contribution in [-0.2, 0) is 16.2 Å². The number of hydrogen-bond donors (Lipinski definition) is 3. The van der Waals surface area contributed by atoms with Crippen LogP contribution in [0.5, 0.6) is 5.75 Å². The largest absolute Gasteiger partial charge is 0.506 e. The molecule has 52 heavy (non-hydrogen) atoms. The second-order valence-corrected chi connectivity index (χ2v) is 15.4. The average Bonchev–Trinajstić information content (AvgIpc) is 3.64. The second-order valence-electron chi connectivity index (χ2n) is 11.7. The van der Waals surface area contributed by atoms with Crippen molar-refractivity contribution in [3.63, 3.8) is 0 Å². The number of hydrogen-bond acceptors (Lipinski definition) is 10.